The Morgan fingerprint density at radius 1 is 1.41 bits per heavy atom. The predicted molar refractivity (Wildman–Crippen MR) is 68.3 cm³/mol. The number of benzene rings is 1. The molecule has 1 aromatic heterocycles. The predicted octanol–water partition coefficient (Wildman–Crippen LogP) is 2.02. The lowest BCUT2D eigenvalue weighted by molar-refractivity contribution is 0.425. The Labute approximate surface area is 101 Å². The Hall–Kier alpha value is -1.55. The van der Waals surface area contributed by atoms with Crippen LogP contribution < -0.4 is 10.2 Å². The number of rotatable bonds is 2. The standard InChI is InChI=1S/C13H17N3O/c1-16(10-5-4-8-14-9-10)13-15-11-6-2-3-7-12(11)17-13/h2-3,6-7,10,14H,4-5,8-9H2,1H3/t10-/m0/s1. The molecular weight excluding hydrogens is 214 g/mol. The SMILES string of the molecule is CN(c1nc2ccccc2o1)[C@H]1CCCNC1. The molecule has 4 nitrogen and oxygen atoms in total. The molecule has 0 bridgehead atoms. The van der Waals surface area contributed by atoms with Gasteiger partial charge in [-0.05, 0) is 31.5 Å². The van der Waals surface area contributed by atoms with Gasteiger partial charge in [-0.3, -0.25) is 0 Å². The first-order chi connectivity index (χ1) is 8.34. The van der Waals surface area contributed by atoms with Crippen LogP contribution in [-0.2, 0) is 0 Å². The second kappa shape index (κ2) is 4.37. The van der Waals surface area contributed by atoms with Crippen LogP contribution in [0.1, 0.15) is 12.8 Å². The van der Waals surface area contributed by atoms with E-state index in [1.54, 1.807) is 0 Å². The number of aromatic nitrogens is 1. The zero-order chi connectivity index (χ0) is 11.7. The van der Waals surface area contributed by atoms with Crippen molar-refractivity contribution in [3.8, 4) is 0 Å². The van der Waals surface area contributed by atoms with Gasteiger partial charge in [-0.1, -0.05) is 12.1 Å². The van der Waals surface area contributed by atoms with Crippen LogP contribution in [0.4, 0.5) is 6.01 Å². The summed E-state index contributed by atoms with van der Waals surface area (Å²) in [5, 5.41) is 3.41. The molecule has 1 N–H and O–H groups in total. The third-order valence-corrected chi connectivity index (χ3v) is 3.40. The number of para-hydroxylation sites is 2. The van der Waals surface area contributed by atoms with Gasteiger partial charge in [-0.25, -0.2) is 0 Å². The first-order valence-electron chi connectivity index (χ1n) is 6.14. The topological polar surface area (TPSA) is 41.3 Å². The van der Waals surface area contributed by atoms with Crippen LogP contribution in [0.15, 0.2) is 28.7 Å². The molecular formula is C13H17N3O. The molecule has 1 atom stereocenters. The van der Waals surface area contributed by atoms with Gasteiger partial charge in [0.1, 0.15) is 5.52 Å². The van der Waals surface area contributed by atoms with Gasteiger partial charge in [0.15, 0.2) is 5.58 Å². The Morgan fingerprint density at radius 2 is 2.29 bits per heavy atom. The summed E-state index contributed by atoms with van der Waals surface area (Å²) in [6, 6.07) is 9.10. The van der Waals surface area contributed by atoms with E-state index in [-0.39, 0.29) is 0 Å². The molecule has 3 rings (SSSR count). The first kappa shape index (κ1) is 10.6. The number of anilines is 1. The van der Waals surface area contributed by atoms with E-state index in [0.717, 1.165) is 30.2 Å². The Kier molecular flexibility index (Phi) is 2.73. The van der Waals surface area contributed by atoms with Crippen LogP contribution in [0.25, 0.3) is 11.1 Å². The molecule has 1 aliphatic rings. The number of hydrogen-bond donors (Lipinski definition) is 1. The minimum absolute atomic E-state index is 0.483. The van der Waals surface area contributed by atoms with Crippen molar-refractivity contribution < 1.29 is 4.42 Å². The molecule has 4 heteroatoms. The third kappa shape index (κ3) is 2.00. The minimum atomic E-state index is 0.483. The van der Waals surface area contributed by atoms with Crippen molar-refractivity contribution >= 4 is 17.1 Å². The van der Waals surface area contributed by atoms with Crippen molar-refractivity contribution in [1.29, 1.82) is 0 Å². The average molecular weight is 231 g/mol. The largest absolute Gasteiger partial charge is 0.423 e. The summed E-state index contributed by atoms with van der Waals surface area (Å²) in [7, 11) is 2.06. The number of piperidine rings is 1. The molecule has 2 aromatic rings. The number of nitrogens with one attached hydrogen (secondary N) is 1. The molecule has 0 aliphatic carbocycles. The molecule has 17 heavy (non-hydrogen) atoms. The van der Waals surface area contributed by atoms with Crippen LogP contribution >= 0.6 is 0 Å². The molecule has 1 aromatic carbocycles. The van der Waals surface area contributed by atoms with Crippen molar-refractivity contribution in [2.75, 3.05) is 25.0 Å². The summed E-state index contributed by atoms with van der Waals surface area (Å²) in [5.41, 5.74) is 1.79. The molecule has 1 saturated heterocycles. The first-order valence-corrected chi connectivity index (χ1v) is 6.14. The van der Waals surface area contributed by atoms with Gasteiger partial charge >= 0.3 is 0 Å². The lowest BCUT2D eigenvalue weighted by Crippen LogP contribution is -2.44. The lowest BCUT2D eigenvalue weighted by atomic mass is 10.1. The summed E-state index contributed by atoms with van der Waals surface area (Å²) in [4.78, 5) is 6.66. The van der Waals surface area contributed by atoms with E-state index in [1.807, 2.05) is 24.3 Å². The maximum atomic E-state index is 5.77. The highest BCUT2D eigenvalue weighted by molar-refractivity contribution is 5.74. The minimum Gasteiger partial charge on any atom is -0.423 e. The maximum Gasteiger partial charge on any atom is 0.298 e. The van der Waals surface area contributed by atoms with Gasteiger partial charge in [-0.15, -0.1) is 0 Å². The van der Waals surface area contributed by atoms with Gasteiger partial charge in [0.25, 0.3) is 6.01 Å². The van der Waals surface area contributed by atoms with E-state index in [4.69, 9.17) is 4.42 Å². The van der Waals surface area contributed by atoms with Crippen molar-refractivity contribution in [2.45, 2.75) is 18.9 Å². The normalized spacial score (nSPS) is 20.6. The molecule has 90 valence electrons. The van der Waals surface area contributed by atoms with Crippen LogP contribution in [0, 0.1) is 0 Å². The number of hydrogen-bond acceptors (Lipinski definition) is 4. The van der Waals surface area contributed by atoms with Gasteiger partial charge in [-0.2, -0.15) is 4.98 Å². The lowest BCUT2D eigenvalue weighted by Gasteiger charge is -2.30. The van der Waals surface area contributed by atoms with E-state index in [2.05, 4.69) is 22.2 Å². The van der Waals surface area contributed by atoms with E-state index >= 15 is 0 Å². The summed E-state index contributed by atoms with van der Waals surface area (Å²) in [6.45, 7) is 2.13. The van der Waals surface area contributed by atoms with Crippen LogP contribution in [0.3, 0.4) is 0 Å². The van der Waals surface area contributed by atoms with E-state index in [0.29, 0.717) is 6.04 Å². The van der Waals surface area contributed by atoms with Crippen molar-refractivity contribution in [1.82, 2.24) is 10.3 Å². The number of fused-ring (bicyclic) bond motifs is 1. The number of likely N-dealkylation sites (N-methyl/N-ethyl adjacent to an activating group) is 1. The molecule has 1 fully saturated rings. The Balaban J connectivity index is 1.86. The van der Waals surface area contributed by atoms with Crippen LogP contribution in [0.2, 0.25) is 0 Å². The quantitative estimate of drug-likeness (QED) is 0.858. The number of nitrogens with zero attached hydrogens (tertiary/aromatic N) is 2. The van der Waals surface area contributed by atoms with Crippen LogP contribution in [-0.4, -0.2) is 31.2 Å². The smallest absolute Gasteiger partial charge is 0.298 e. The van der Waals surface area contributed by atoms with Gasteiger partial charge in [0.2, 0.25) is 0 Å². The van der Waals surface area contributed by atoms with Crippen LogP contribution in [0.5, 0.6) is 0 Å². The fraction of sp³-hybridized carbons (Fsp3) is 0.462. The zero-order valence-corrected chi connectivity index (χ0v) is 10.0. The van der Waals surface area contributed by atoms with E-state index < -0.39 is 0 Å². The zero-order valence-electron chi connectivity index (χ0n) is 10.0. The highest BCUT2D eigenvalue weighted by Gasteiger charge is 2.21. The molecule has 0 spiro atoms. The molecule has 2 heterocycles. The third-order valence-electron chi connectivity index (χ3n) is 3.40. The van der Waals surface area contributed by atoms with Crippen molar-refractivity contribution in [2.24, 2.45) is 0 Å². The Bertz CT molecular complexity index is 469. The summed E-state index contributed by atoms with van der Waals surface area (Å²) in [6.07, 6.45) is 2.41. The summed E-state index contributed by atoms with van der Waals surface area (Å²) in [5.74, 6) is 0. The fourth-order valence-corrected chi connectivity index (χ4v) is 2.33. The van der Waals surface area contributed by atoms with Gasteiger partial charge < -0.3 is 14.6 Å². The van der Waals surface area contributed by atoms with E-state index in [1.165, 1.54) is 12.8 Å². The second-order valence-corrected chi connectivity index (χ2v) is 4.58. The maximum absolute atomic E-state index is 5.77. The molecule has 0 radical (unpaired) electrons. The number of oxazole rings is 1. The van der Waals surface area contributed by atoms with E-state index in [9.17, 15) is 0 Å². The highest BCUT2D eigenvalue weighted by atomic mass is 16.4. The average Bonchev–Trinajstić information content (AvgIpc) is 2.82. The van der Waals surface area contributed by atoms with Crippen molar-refractivity contribution in [3.05, 3.63) is 24.3 Å². The van der Waals surface area contributed by atoms with Gasteiger partial charge in [0, 0.05) is 19.6 Å². The molecule has 0 unspecified atom stereocenters. The second-order valence-electron chi connectivity index (χ2n) is 4.58. The molecule has 0 saturated carbocycles. The summed E-state index contributed by atoms with van der Waals surface area (Å²) >= 11 is 0. The Morgan fingerprint density at radius 3 is 3.06 bits per heavy atom. The summed E-state index contributed by atoms with van der Waals surface area (Å²) < 4.78 is 5.77. The molecule has 0 amide bonds. The van der Waals surface area contributed by atoms with Gasteiger partial charge in [0.05, 0.1) is 0 Å². The highest BCUT2D eigenvalue weighted by Crippen LogP contribution is 2.23. The van der Waals surface area contributed by atoms with Crippen molar-refractivity contribution in [3.63, 3.8) is 0 Å². The molecule has 1 aliphatic heterocycles. The fourth-order valence-electron chi connectivity index (χ4n) is 2.33. The monoisotopic (exact) mass is 231 g/mol.